The molecule has 0 aliphatic heterocycles. The van der Waals surface area contributed by atoms with Crippen LogP contribution in [0.1, 0.15) is 20.8 Å². The highest BCUT2D eigenvalue weighted by Gasteiger charge is 2.21. The fourth-order valence-electron chi connectivity index (χ4n) is 2.36. The molecule has 3 N–H and O–H groups in total. The summed E-state index contributed by atoms with van der Waals surface area (Å²) in [6.07, 6.45) is 4.79. The number of ether oxygens (including phenoxy) is 3. The Bertz CT molecular complexity index is 545. The maximum atomic E-state index is 11.4. The van der Waals surface area contributed by atoms with Crippen molar-refractivity contribution in [2.45, 2.75) is 39.1 Å². The smallest absolute Gasteiger partial charge is 0.330 e. The first-order valence-electron chi connectivity index (χ1n) is 9.86. The summed E-state index contributed by atoms with van der Waals surface area (Å²) in [7, 11) is 0. The third-order valence-corrected chi connectivity index (χ3v) is 3.57. The summed E-state index contributed by atoms with van der Waals surface area (Å²) in [6, 6.07) is 0. The van der Waals surface area contributed by atoms with Gasteiger partial charge in [-0.15, -0.1) is 0 Å². The Morgan fingerprint density at radius 2 is 0.903 bits per heavy atom. The van der Waals surface area contributed by atoms with E-state index >= 15 is 0 Å². The zero-order chi connectivity index (χ0) is 23.6. The fourth-order valence-corrected chi connectivity index (χ4v) is 2.36. The number of hydrogen-bond donors (Lipinski definition) is 3. The Hall–Kier alpha value is -2.53. The molecule has 0 bridgehead atoms. The highest BCUT2D eigenvalue weighted by Crippen LogP contribution is 2.02. The minimum absolute atomic E-state index is 0.0666. The third-order valence-electron chi connectivity index (χ3n) is 3.57. The highest BCUT2D eigenvalue weighted by atomic mass is 16.5. The van der Waals surface area contributed by atoms with Gasteiger partial charge in [-0.3, -0.25) is 4.90 Å². The van der Waals surface area contributed by atoms with Gasteiger partial charge < -0.3 is 29.5 Å². The Morgan fingerprint density at radius 3 is 1.13 bits per heavy atom. The maximum absolute atomic E-state index is 11.4. The first-order chi connectivity index (χ1) is 14.7. The van der Waals surface area contributed by atoms with E-state index in [1.165, 1.54) is 41.4 Å². The predicted octanol–water partition coefficient (Wildman–Crippen LogP) is -0.271. The normalized spacial score (nSPS) is 14.8. The topological polar surface area (TPSA) is 143 Å². The van der Waals surface area contributed by atoms with Gasteiger partial charge in [0, 0.05) is 37.9 Å². The van der Waals surface area contributed by atoms with Gasteiger partial charge in [-0.25, -0.2) is 14.4 Å². The zero-order valence-electron chi connectivity index (χ0n) is 18.2. The van der Waals surface area contributed by atoms with E-state index in [4.69, 9.17) is 14.2 Å². The summed E-state index contributed by atoms with van der Waals surface area (Å²) in [5, 5.41) is 30.4. The molecule has 0 saturated carbocycles. The molecule has 10 nitrogen and oxygen atoms in total. The van der Waals surface area contributed by atoms with Crippen LogP contribution in [0.2, 0.25) is 0 Å². The molecule has 10 heteroatoms. The molecule has 0 aromatic carbocycles. The second kappa shape index (κ2) is 17.2. The minimum atomic E-state index is -1.11. The van der Waals surface area contributed by atoms with Gasteiger partial charge in [0.05, 0.1) is 0 Å². The number of esters is 3. The summed E-state index contributed by atoms with van der Waals surface area (Å²) in [4.78, 5) is 35.6. The lowest BCUT2D eigenvalue weighted by molar-refractivity contribution is -0.141. The van der Waals surface area contributed by atoms with Crippen LogP contribution in [-0.2, 0) is 28.6 Å². The van der Waals surface area contributed by atoms with Crippen molar-refractivity contribution in [3.63, 3.8) is 0 Å². The van der Waals surface area contributed by atoms with Crippen molar-refractivity contribution in [3.8, 4) is 0 Å². The predicted molar refractivity (Wildman–Crippen MR) is 112 cm³/mol. The summed E-state index contributed by atoms with van der Waals surface area (Å²) in [5.74, 6) is -1.83. The molecule has 0 amide bonds. The second-order valence-corrected chi connectivity index (χ2v) is 6.57. The molecule has 3 unspecified atom stereocenters. The van der Waals surface area contributed by atoms with Gasteiger partial charge in [0.2, 0.25) is 0 Å². The van der Waals surface area contributed by atoms with Crippen molar-refractivity contribution in [1.29, 1.82) is 0 Å². The highest BCUT2D eigenvalue weighted by molar-refractivity contribution is 5.82. The van der Waals surface area contributed by atoms with Crippen molar-refractivity contribution < 1.29 is 43.9 Å². The molecule has 0 saturated heterocycles. The lowest BCUT2D eigenvalue weighted by Crippen LogP contribution is -2.45. The van der Waals surface area contributed by atoms with Crippen LogP contribution in [0.25, 0.3) is 0 Å². The molecule has 31 heavy (non-hydrogen) atoms. The number of hydrogen-bond acceptors (Lipinski definition) is 10. The van der Waals surface area contributed by atoms with E-state index in [1.807, 2.05) is 0 Å². The molecule has 0 fully saturated rings. The first kappa shape index (κ1) is 28.5. The molecule has 0 rings (SSSR count). The summed E-state index contributed by atoms with van der Waals surface area (Å²) in [5.41, 5.74) is 0. The Morgan fingerprint density at radius 1 is 0.645 bits per heavy atom. The van der Waals surface area contributed by atoms with Crippen LogP contribution in [0.4, 0.5) is 0 Å². The minimum Gasteiger partial charge on any atom is -0.460 e. The average molecular weight is 443 g/mol. The zero-order valence-corrected chi connectivity index (χ0v) is 18.2. The van der Waals surface area contributed by atoms with Gasteiger partial charge in [0.15, 0.2) is 0 Å². The lowest BCUT2D eigenvalue weighted by atomic mass is 10.2. The molecular weight excluding hydrogens is 410 g/mol. The Kier molecular flexibility index (Phi) is 15.8. The number of aliphatic hydroxyl groups is 3. The SMILES string of the molecule is CC=CC(=O)OCC(O)CN(CC(O)COC(=O)C=CC)CC(O)COC(=O)C=CC. The van der Waals surface area contributed by atoms with Crippen molar-refractivity contribution >= 4 is 17.9 Å². The van der Waals surface area contributed by atoms with Crippen LogP contribution in [0.3, 0.4) is 0 Å². The van der Waals surface area contributed by atoms with E-state index < -0.39 is 36.2 Å². The molecule has 176 valence electrons. The van der Waals surface area contributed by atoms with Gasteiger partial charge >= 0.3 is 17.9 Å². The van der Waals surface area contributed by atoms with Crippen LogP contribution in [0.15, 0.2) is 36.5 Å². The van der Waals surface area contributed by atoms with Crippen LogP contribution in [-0.4, -0.2) is 95.9 Å². The largest absolute Gasteiger partial charge is 0.460 e. The Labute approximate surface area is 182 Å². The van der Waals surface area contributed by atoms with Crippen molar-refractivity contribution in [2.75, 3.05) is 39.5 Å². The number of allylic oxidation sites excluding steroid dienone is 3. The van der Waals surface area contributed by atoms with E-state index in [1.54, 1.807) is 20.8 Å². The van der Waals surface area contributed by atoms with E-state index in [0.717, 1.165) is 0 Å². The van der Waals surface area contributed by atoms with Crippen LogP contribution in [0, 0.1) is 0 Å². The van der Waals surface area contributed by atoms with Crippen LogP contribution in [0.5, 0.6) is 0 Å². The van der Waals surface area contributed by atoms with E-state index in [9.17, 15) is 29.7 Å². The molecular formula is C21H33NO9. The second-order valence-electron chi connectivity index (χ2n) is 6.57. The fraction of sp³-hybridized carbons (Fsp3) is 0.571. The number of aliphatic hydroxyl groups excluding tert-OH is 3. The van der Waals surface area contributed by atoms with Gasteiger partial charge in [-0.05, 0) is 20.8 Å². The van der Waals surface area contributed by atoms with E-state index in [2.05, 4.69) is 0 Å². The van der Waals surface area contributed by atoms with E-state index in [0.29, 0.717) is 0 Å². The third kappa shape index (κ3) is 15.9. The molecule has 0 aromatic heterocycles. The van der Waals surface area contributed by atoms with Gasteiger partial charge in [-0.1, -0.05) is 18.2 Å². The van der Waals surface area contributed by atoms with Crippen molar-refractivity contribution in [1.82, 2.24) is 4.90 Å². The van der Waals surface area contributed by atoms with Gasteiger partial charge in [-0.2, -0.15) is 0 Å². The standard InChI is InChI=1S/C21H33NO9/c1-4-7-19(26)29-13-16(23)10-22(11-17(24)14-30-20(27)8-5-2)12-18(25)15-31-21(28)9-6-3/h4-9,16-18,23-25H,10-15H2,1-3H3. The number of rotatable bonds is 15. The first-order valence-corrected chi connectivity index (χ1v) is 9.86. The molecule has 0 aliphatic carbocycles. The Balaban J connectivity index is 4.83. The monoisotopic (exact) mass is 443 g/mol. The van der Waals surface area contributed by atoms with Crippen LogP contribution < -0.4 is 0 Å². The molecule has 0 spiro atoms. The van der Waals surface area contributed by atoms with Gasteiger partial charge in [0.1, 0.15) is 38.1 Å². The van der Waals surface area contributed by atoms with Crippen molar-refractivity contribution in [2.24, 2.45) is 0 Å². The molecule has 0 heterocycles. The quantitative estimate of drug-likeness (QED) is 0.176. The lowest BCUT2D eigenvalue weighted by Gasteiger charge is -2.28. The summed E-state index contributed by atoms with van der Waals surface area (Å²) < 4.78 is 14.7. The van der Waals surface area contributed by atoms with Gasteiger partial charge in [0.25, 0.3) is 0 Å². The number of nitrogens with zero attached hydrogens (tertiary/aromatic N) is 1. The number of carbonyl (C=O) groups is 3. The average Bonchev–Trinajstić information content (AvgIpc) is 2.70. The summed E-state index contributed by atoms with van der Waals surface area (Å²) >= 11 is 0. The number of carbonyl (C=O) groups excluding carboxylic acids is 3. The van der Waals surface area contributed by atoms with E-state index in [-0.39, 0.29) is 39.5 Å². The van der Waals surface area contributed by atoms with Crippen molar-refractivity contribution in [3.05, 3.63) is 36.5 Å². The molecule has 0 aromatic rings. The van der Waals surface area contributed by atoms with Crippen LogP contribution >= 0.6 is 0 Å². The summed E-state index contributed by atoms with van der Waals surface area (Å²) in [6.45, 7) is 3.86. The molecule has 0 aliphatic rings. The molecule has 0 radical (unpaired) electrons. The molecule has 3 atom stereocenters. The maximum Gasteiger partial charge on any atom is 0.330 e.